The van der Waals surface area contributed by atoms with Gasteiger partial charge in [-0.25, -0.2) is 0 Å². The number of para-hydroxylation sites is 1. The molecule has 1 unspecified atom stereocenters. The predicted octanol–water partition coefficient (Wildman–Crippen LogP) is 12.7. The maximum atomic E-state index is 5.49. The summed E-state index contributed by atoms with van der Waals surface area (Å²) < 4.78 is 0. The van der Waals surface area contributed by atoms with Crippen LogP contribution in [0.25, 0.3) is 44.5 Å². The van der Waals surface area contributed by atoms with Gasteiger partial charge >= 0.3 is 0 Å². The highest BCUT2D eigenvalue weighted by molar-refractivity contribution is 6.11. The van der Waals surface area contributed by atoms with E-state index in [1.165, 1.54) is 66.8 Å². The van der Waals surface area contributed by atoms with E-state index in [9.17, 15) is 0 Å². The van der Waals surface area contributed by atoms with Crippen molar-refractivity contribution in [2.45, 2.75) is 65.3 Å². The zero-order valence-electron chi connectivity index (χ0n) is 29.6. The van der Waals surface area contributed by atoms with Crippen LogP contribution in [0.2, 0.25) is 0 Å². The molecule has 0 aromatic heterocycles. The number of hydrogen-bond acceptors (Lipinski definition) is 2. The number of aryl methyl sites for hydroxylation is 2. The molecule has 0 aliphatic carbocycles. The summed E-state index contributed by atoms with van der Waals surface area (Å²) in [5.41, 5.74) is 15.4. The molecule has 0 radical (unpaired) electrons. The molecule has 0 amide bonds. The number of nitrogens with one attached hydrogen (secondary N) is 1. The van der Waals surface area contributed by atoms with Crippen molar-refractivity contribution in [2.75, 3.05) is 5.32 Å². The summed E-state index contributed by atoms with van der Waals surface area (Å²) in [5.74, 6) is 0.951. The Balaban J connectivity index is 1.35. The van der Waals surface area contributed by atoms with Crippen LogP contribution in [0.15, 0.2) is 145 Å². The van der Waals surface area contributed by atoms with Crippen molar-refractivity contribution in [3.63, 3.8) is 0 Å². The number of aliphatic imine (C=N–C) groups is 1. The zero-order valence-corrected chi connectivity index (χ0v) is 29.6. The SMILES string of the molecule is CCCC1(C)c2ccc(-c3cccc(-c4cc(-c5ccccc5)cc(-c5ccccc5)c4)c3)cc2C(Nc2c(C)cccc2C)=NC1(C)C. The first-order valence-electron chi connectivity index (χ1n) is 17.6. The van der Waals surface area contributed by atoms with E-state index in [-0.39, 0.29) is 11.0 Å². The molecule has 7 rings (SSSR count). The van der Waals surface area contributed by atoms with Crippen molar-refractivity contribution in [1.82, 2.24) is 0 Å². The van der Waals surface area contributed by atoms with Crippen LogP contribution >= 0.6 is 0 Å². The van der Waals surface area contributed by atoms with Crippen LogP contribution < -0.4 is 5.32 Å². The second kappa shape index (κ2) is 13.0. The lowest BCUT2D eigenvalue weighted by Crippen LogP contribution is -2.49. The van der Waals surface area contributed by atoms with Gasteiger partial charge in [-0.05, 0) is 126 Å². The molecule has 49 heavy (non-hydrogen) atoms. The average Bonchev–Trinajstić information content (AvgIpc) is 3.12. The molecule has 1 aliphatic rings. The van der Waals surface area contributed by atoms with Gasteiger partial charge in [-0.3, -0.25) is 4.99 Å². The Morgan fingerprint density at radius 3 is 1.55 bits per heavy atom. The molecule has 244 valence electrons. The molecule has 1 atom stereocenters. The largest absolute Gasteiger partial charge is 0.340 e. The number of rotatable bonds is 7. The first-order chi connectivity index (χ1) is 23.7. The molecule has 1 N–H and O–H groups in total. The number of nitrogens with zero attached hydrogens (tertiary/aromatic N) is 1. The van der Waals surface area contributed by atoms with Gasteiger partial charge in [0, 0.05) is 16.7 Å². The predicted molar refractivity (Wildman–Crippen MR) is 211 cm³/mol. The van der Waals surface area contributed by atoms with Crippen LogP contribution in [0.3, 0.4) is 0 Å². The van der Waals surface area contributed by atoms with Gasteiger partial charge in [-0.2, -0.15) is 0 Å². The third-order valence-corrected chi connectivity index (χ3v) is 10.8. The minimum Gasteiger partial charge on any atom is -0.340 e. The quantitative estimate of drug-likeness (QED) is 0.185. The Morgan fingerprint density at radius 1 is 0.510 bits per heavy atom. The van der Waals surface area contributed by atoms with Crippen LogP contribution in [0.4, 0.5) is 5.69 Å². The smallest absolute Gasteiger partial charge is 0.133 e. The van der Waals surface area contributed by atoms with Gasteiger partial charge in [0.25, 0.3) is 0 Å². The summed E-state index contributed by atoms with van der Waals surface area (Å²) >= 11 is 0. The standard InChI is InChI=1S/C47H46N2/c1-7-26-47(6)43-25-24-38(31-42(43)45(49-46(47,4)5)48-44-32(2)16-14-17-33(44)3)36-22-15-23-37(27-36)41-29-39(34-18-10-8-11-19-34)28-40(30-41)35-20-12-9-13-21-35/h8-25,27-31H,7,26H2,1-6H3,(H,48,49). The molecule has 6 aromatic rings. The summed E-state index contributed by atoms with van der Waals surface area (Å²) in [6.45, 7) is 13.6. The van der Waals surface area contributed by atoms with Crippen LogP contribution in [0.1, 0.15) is 62.8 Å². The van der Waals surface area contributed by atoms with E-state index in [0.29, 0.717) is 0 Å². The van der Waals surface area contributed by atoms with Crippen LogP contribution in [-0.4, -0.2) is 11.4 Å². The number of anilines is 1. The highest BCUT2D eigenvalue weighted by atomic mass is 15.1. The Labute approximate surface area is 292 Å². The van der Waals surface area contributed by atoms with Gasteiger partial charge in [0.15, 0.2) is 0 Å². The number of fused-ring (bicyclic) bond motifs is 1. The molecule has 0 saturated carbocycles. The van der Waals surface area contributed by atoms with Gasteiger partial charge < -0.3 is 5.32 Å². The van der Waals surface area contributed by atoms with Crippen molar-refractivity contribution >= 4 is 11.5 Å². The van der Waals surface area contributed by atoms with Crippen molar-refractivity contribution in [2.24, 2.45) is 4.99 Å². The summed E-state index contributed by atoms with van der Waals surface area (Å²) in [4.78, 5) is 5.49. The second-order valence-corrected chi connectivity index (χ2v) is 14.4. The number of amidine groups is 1. The Bertz CT molecular complexity index is 2080. The molecule has 0 spiro atoms. The maximum absolute atomic E-state index is 5.49. The van der Waals surface area contributed by atoms with Crippen molar-refractivity contribution < 1.29 is 0 Å². The highest BCUT2D eigenvalue weighted by Gasteiger charge is 2.46. The zero-order chi connectivity index (χ0) is 34.2. The molecule has 6 aromatic carbocycles. The summed E-state index contributed by atoms with van der Waals surface area (Å²) in [6, 6.07) is 50.8. The van der Waals surface area contributed by atoms with E-state index in [0.717, 1.165) is 24.4 Å². The molecule has 2 nitrogen and oxygen atoms in total. The molecule has 1 heterocycles. The fourth-order valence-electron chi connectivity index (χ4n) is 7.63. The van der Waals surface area contributed by atoms with E-state index < -0.39 is 0 Å². The van der Waals surface area contributed by atoms with E-state index in [1.54, 1.807) is 0 Å². The van der Waals surface area contributed by atoms with Gasteiger partial charge in [0.05, 0.1) is 5.54 Å². The molecular formula is C47H46N2. The maximum Gasteiger partial charge on any atom is 0.133 e. The minimum atomic E-state index is -0.267. The van der Waals surface area contributed by atoms with E-state index in [1.807, 2.05) is 0 Å². The Morgan fingerprint density at radius 2 is 0.980 bits per heavy atom. The fraction of sp³-hybridized carbons (Fsp3) is 0.213. The lowest BCUT2D eigenvalue weighted by Gasteiger charge is -2.47. The normalized spacial score (nSPS) is 16.5. The van der Waals surface area contributed by atoms with Gasteiger partial charge in [-0.1, -0.05) is 129 Å². The van der Waals surface area contributed by atoms with Crippen molar-refractivity contribution in [3.05, 3.63) is 162 Å². The van der Waals surface area contributed by atoms with E-state index in [2.05, 4.69) is 186 Å². The first kappa shape index (κ1) is 32.3. The lowest BCUT2D eigenvalue weighted by atomic mass is 9.63. The minimum absolute atomic E-state index is 0.0882. The van der Waals surface area contributed by atoms with Gasteiger partial charge in [0.1, 0.15) is 5.84 Å². The molecule has 0 fully saturated rings. The lowest BCUT2D eigenvalue weighted by molar-refractivity contribution is 0.256. The van der Waals surface area contributed by atoms with E-state index >= 15 is 0 Å². The third kappa shape index (κ3) is 6.13. The fourth-order valence-corrected chi connectivity index (χ4v) is 7.63. The monoisotopic (exact) mass is 638 g/mol. The molecule has 1 aliphatic heterocycles. The first-order valence-corrected chi connectivity index (χ1v) is 17.6. The van der Waals surface area contributed by atoms with Crippen molar-refractivity contribution in [3.8, 4) is 44.5 Å². The average molecular weight is 639 g/mol. The van der Waals surface area contributed by atoms with Crippen LogP contribution in [0, 0.1) is 13.8 Å². The molecular weight excluding hydrogens is 593 g/mol. The summed E-state index contributed by atoms with van der Waals surface area (Å²) in [5, 5.41) is 3.82. The second-order valence-electron chi connectivity index (χ2n) is 14.4. The third-order valence-electron chi connectivity index (χ3n) is 10.8. The molecule has 0 bridgehead atoms. The van der Waals surface area contributed by atoms with Crippen LogP contribution in [0.5, 0.6) is 0 Å². The topological polar surface area (TPSA) is 24.4 Å². The van der Waals surface area contributed by atoms with E-state index in [4.69, 9.17) is 4.99 Å². The summed E-state index contributed by atoms with van der Waals surface area (Å²) in [7, 11) is 0. The van der Waals surface area contributed by atoms with Crippen molar-refractivity contribution in [1.29, 1.82) is 0 Å². The highest BCUT2D eigenvalue weighted by Crippen LogP contribution is 2.47. The van der Waals surface area contributed by atoms with Crippen LogP contribution in [-0.2, 0) is 5.41 Å². The number of hydrogen-bond donors (Lipinski definition) is 1. The Hall–Kier alpha value is -5.21. The summed E-state index contributed by atoms with van der Waals surface area (Å²) in [6.07, 6.45) is 2.18. The number of benzene rings is 6. The molecule has 2 heteroatoms. The molecule has 0 saturated heterocycles. The van der Waals surface area contributed by atoms with Gasteiger partial charge in [0.2, 0.25) is 0 Å². The van der Waals surface area contributed by atoms with Gasteiger partial charge in [-0.15, -0.1) is 0 Å². The Kier molecular flexibility index (Phi) is 8.59.